The molecular formula is C17H19N5O2. The summed E-state index contributed by atoms with van der Waals surface area (Å²) in [6.07, 6.45) is 1.47. The molecule has 7 heteroatoms. The molecule has 0 unspecified atom stereocenters. The molecule has 124 valence electrons. The minimum atomic E-state index is -0.0564. The van der Waals surface area contributed by atoms with Crippen LogP contribution in [0, 0.1) is 31.1 Å². The second-order valence-corrected chi connectivity index (χ2v) is 6.02. The van der Waals surface area contributed by atoms with Gasteiger partial charge in [0.2, 0.25) is 5.91 Å². The van der Waals surface area contributed by atoms with Crippen LogP contribution in [0.4, 0.5) is 11.6 Å². The molecule has 7 nitrogen and oxygen atoms in total. The standard InChI is InChI=1S/C17H19N5O2/c1-11-3-4-16(19-14(11)10-18)22-7-5-13(6-8-22)17(23)20-15-9-12(2)24-21-15/h3-4,9,13H,5-8H2,1-2H3,(H,20,21,23). The van der Waals surface area contributed by atoms with E-state index in [0.717, 1.165) is 37.3 Å². The molecule has 1 amide bonds. The summed E-state index contributed by atoms with van der Waals surface area (Å²) in [5.74, 6) is 1.83. The molecule has 0 spiro atoms. The molecule has 2 aromatic heterocycles. The van der Waals surface area contributed by atoms with Crippen molar-refractivity contribution < 1.29 is 9.32 Å². The fraction of sp³-hybridized carbons (Fsp3) is 0.412. The van der Waals surface area contributed by atoms with Crippen LogP contribution in [0.5, 0.6) is 0 Å². The Kier molecular flexibility index (Phi) is 4.47. The summed E-state index contributed by atoms with van der Waals surface area (Å²) in [5, 5.41) is 15.7. The van der Waals surface area contributed by atoms with Gasteiger partial charge in [-0.2, -0.15) is 5.26 Å². The van der Waals surface area contributed by atoms with Crippen molar-refractivity contribution in [3.63, 3.8) is 0 Å². The Morgan fingerprint density at radius 2 is 2.12 bits per heavy atom. The molecule has 0 aromatic carbocycles. The monoisotopic (exact) mass is 325 g/mol. The van der Waals surface area contributed by atoms with Gasteiger partial charge >= 0.3 is 0 Å². The van der Waals surface area contributed by atoms with Gasteiger partial charge in [-0.05, 0) is 38.3 Å². The number of carbonyl (C=O) groups is 1. The van der Waals surface area contributed by atoms with Crippen molar-refractivity contribution in [2.24, 2.45) is 5.92 Å². The van der Waals surface area contributed by atoms with E-state index in [0.29, 0.717) is 17.3 Å². The van der Waals surface area contributed by atoms with Crippen LogP contribution >= 0.6 is 0 Å². The quantitative estimate of drug-likeness (QED) is 0.931. The molecule has 3 heterocycles. The summed E-state index contributed by atoms with van der Waals surface area (Å²) in [7, 11) is 0. The minimum Gasteiger partial charge on any atom is -0.360 e. The summed E-state index contributed by atoms with van der Waals surface area (Å²) >= 11 is 0. The van der Waals surface area contributed by atoms with Gasteiger partial charge in [-0.15, -0.1) is 0 Å². The molecular weight excluding hydrogens is 306 g/mol. The van der Waals surface area contributed by atoms with E-state index < -0.39 is 0 Å². The molecule has 24 heavy (non-hydrogen) atoms. The molecule has 0 bridgehead atoms. The normalized spacial score (nSPS) is 15.1. The Bertz CT molecular complexity index is 785. The van der Waals surface area contributed by atoms with E-state index in [1.54, 1.807) is 13.0 Å². The van der Waals surface area contributed by atoms with Crippen LogP contribution in [-0.4, -0.2) is 29.1 Å². The molecule has 0 aliphatic carbocycles. The van der Waals surface area contributed by atoms with Crippen molar-refractivity contribution in [3.8, 4) is 6.07 Å². The van der Waals surface area contributed by atoms with E-state index >= 15 is 0 Å². The van der Waals surface area contributed by atoms with E-state index in [4.69, 9.17) is 9.78 Å². The lowest BCUT2D eigenvalue weighted by atomic mass is 9.96. The van der Waals surface area contributed by atoms with Crippen molar-refractivity contribution in [1.29, 1.82) is 5.26 Å². The molecule has 0 atom stereocenters. The van der Waals surface area contributed by atoms with Crippen LogP contribution < -0.4 is 10.2 Å². The highest BCUT2D eigenvalue weighted by Gasteiger charge is 2.26. The van der Waals surface area contributed by atoms with E-state index in [9.17, 15) is 4.79 Å². The van der Waals surface area contributed by atoms with E-state index in [1.807, 2.05) is 19.1 Å². The van der Waals surface area contributed by atoms with Gasteiger partial charge in [-0.3, -0.25) is 4.79 Å². The maximum Gasteiger partial charge on any atom is 0.228 e. The number of nitrogens with one attached hydrogen (secondary N) is 1. The van der Waals surface area contributed by atoms with Crippen LogP contribution in [0.15, 0.2) is 22.7 Å². The number of carbonyl (C=O) groups excluding carboxylic acids is 1. The van der Waals surface area contributed by atoms with Gasteiger partial charge in [-0.1, -0.05) is 11.2 Å². The van der Waals surface area contributed by atoms with Crippen LogP contribution in [0.2, 0.25) is 0 Å². The predicted octanol–water partition coefficient (Wildman–Crippen LogP) is 2.41. The van der Waals surface area contributed by atoms with Crippen molar-refractivity contribution in [1.82, 2.24) is 10.1 Å². The second-order valence-electron chi connectivity index (χ2n) is 6.02. The number of anilines is 2. The lowest BCUT2D eigenvalue weighted by Gasteiger charge is -2.32. The van der Waals surface area contributed by atoms with Gasteiger partial charge in [0.1, 0.15) is 23.3 Å². The highest BCUT2D eigenvalue weighted by atomic mass is 16.5. The molecule has 2 aromatic rings. The zero-order chi connectivity index (χ0) is 17.1. The highest BCUT2D eigenvalue weighted by Crippen LogP contribution is 2.24. The first-order valence-corrected chi connectivity index (χ1v) is 7.93. The number of hydrogen-bond donors (Lipinski definition) is 1. The number of aromatic nitrogens is 2. The lowest BCUT2D eigenvalue weighted by molar-refractivity contribution is -0.120. The Morgan fingerprint density at radius 1 is 1.38 bits per heavy atom. The first-order valence-electron chi connectivity index (χ1n) is 7.93. The van der Waals surface area contributed by atoms with Crippen LogP contribution in [0.3, 0.4) is 0 Å². The van der Waals surface area contributed by atoms with Gasteiger partial charge < -0.3 is 14.7 Å². The smallest absolute Gasteiger partial charge is 0.228 e. The molecule has 1 aliphatic heterocycles. The maximum absolute atomic E-state index is 12.3. The first-order chi connectivity index (χ1) is 11.6. The third-order valence-corrected chi connectivity index (χ3v) is 4.26. The number of nitriles is 1. The highest BCUT2D eigenvalue weighted by molar-refractivity contribution is 5.91. The van der Waals surface area contributed by atoms with Crippen molar-refractivity contribution >= 4 is 17.5 Å². The Labute approximate surface area is 140 Å². The van der Waals surface area contributed by atoms with Gasteiger partial charge in [0.25, 0.3) is 0 Å². The summed E-state index contributed by atoms with van der Waals surface area (Å²) in [6.45, 7) is 5.12. The lowest BCUT2D eigenvalue weighted by Crippen LogP contribution is -2.38. The molecule has 1 saturated heterocycles. The van der Waals surface area contributed by atoms with Gasteiger partial charge in [0.05, 0.1) is 0 Å². The summed E-state index contributed by atoms with van der Waals surface area (Å²) in [4.78, 5) is 18.8. The van der Waals surface area contributed by atoms with Crippen LogP contribution in [0.25, 0.3) is 0 Å². The molecule has 1 fully saturated rings. The van der Waals surface area contributed by atoms with E-state index in [1.165, 1.54) is 0 Å². The van der Waals surface area contributed by atoms with Crippen LogP contribution in [0.1, 0.15) is 29.9 Å². The zero-order valence-electron chi connectivity index (χ0n) is 13.7. The third kappa shape index (κ3) is 3.38. The second kappa shape index (κ2) is 6.71. The summed E-state index contributed by atoms with van der Waals surface area (Å²) in [6, 6.07) is 7.65. The molecule has 0 saturated carbocycles. The number of aryl methyl sites for hydroxylation is 2. The fourth-order valence-electron chi connectivity index (χ4n) is 2.83. The predicted molar refractivity (Wildman–Crippen MR) is 88.5 cm³/mol. The average molecular weight is 325 g/mol. The SMILES string of the molecule is Cc1cc(NC(=O)C2CCN(c3ccc(C)c(C#N)n3)CC2)no1. The van der Waals surface area contributed by atoms with Gasteiger partial charge in [0.15, 0.2) is 5.82 Å². The largest absolute Gasteiger partial charge is 0.360 e. The number of amides is 1. The Morgan fingerprint density at radius 3 is 2.75 bits per heavy atom. The van der Waals surface area contributed by atoms with Gasteiger partial charge in [-0.25, -0.2) is 4.98 Å². The topological polar surface area (TPSA) is 95.1 Å². The maximum atomic E-state index is 12.3. The molecule has 1 aliphatic rings. The van der Waals surface area contributed by atoms with Crippen molar-refractivity contribution in [2.45, 2.75) is 26.7 Å². The molecule has 1 N–H and O–H groups in total. The molecule has 0 radical (unpaired) electrons. The average Bonchev–Trinajstić information content (AvgIpc) is 3.00. The first kappa shape index (κ1) is 16.0. The van der Waals surface area contributed by atoms with Gasteiger partial charge in [0, 0.05) is 25.1 Å². The third-order valence-electron chi connectivity index (χ3n) is 4.26. The number of rotatable bonds is 3. The van der Waals surface area contributed by atoms with Crippen molar-refractivity contribution in [3.05, 3.63) is 35.2 Å². The van der Waals surface area contributed by atoms with Crippen molar-refractivity contribution in [2.75, 3.05) is 23.3 Å². The minimum absolute atomic E-state index is 0.0301. The Balaban J connectivity index is 1.59. The van der Waals surface area contributed by atoms with E-state index in [2.05, 4.69) is 26.4 Å². The number of piperidine rings is 1. The fourth-order valence-corrected chi connectivity index (χ4v) is 2.83. The number of hydrogen-bond acceptors (Lipinski definition) is 6. The van der Waals surface area contributed by atoms with Crippen LogP contribution in [-0.2, 0) is 4.79 Å². The number of nitrogens with zero attached hydrogens (tertiary/aromatic N) is 4. The summed E-state index contributed by atoms with van der Waals surface area (Å²) in [5.41, 5.74) is 1.33. The van der Waals surface area contributed by atoms with E-state index in [-0.39, 0.29) is 11.8 Å². The summed E-state index contributed by atoms with van der Waals surface area (Å²) < 4.78 is 4.95. The molecule has 3 rings (SSSR count). The zero-order valence-corrected chi connectivity index (χ0v) is 13.7. The number of pyridine rings is 1. The Hall–Kier alpha value is -2.88.